The molecule has 1 aromatic heterocycles. The van der Waals surface area contributed by atoms with Gasteiger partial charge in [-0.05, 0) is 29.8 Å². The summed E-state index contributed by atoms with van der Waals surface area (Å²) in [5.74, 6) is 1.29. The Morgan fingerprint density at radius 3 is 2.42 bits per heavy atom. The van der Waals surface area contributed by atoms with Gasteiger partial charge in [0, 0.05) is 6.07 Å². The number of carbonyl (C=O) groups is 1. The first-order valence-corrected chi connectivity index (χ1v) is 8.43. The van der Waals surface area contributed by atoms with Crippen LogP contribution < -0.4 is 19.1 Å². The molecule has 6 nitrogen and oxygen atoms in total. The summed E-state index contributed by atoms with van der Waals surface area (Å²) in [6.45, 7) is 0. The van der Waals surface area contributed by atoms with Crippen molar-refractivity contribution < 1.29 is 23.4 Å². The average molecular weight is 372 g/mol. The van der Waals surface area contributed by atoms with Crippen molar-refractivity contribution in [1.29, 1.82) is 0 Å². The molecule has 0 amide bonds. The zero-order valence-corrected chi connectivity index (χ0v) is 15.2. The Bertz CT molecular complexity index is 1040. The fourth-order valence-electron chi connectivity index (χ4n) is 2.48. The van der Waals surface area contributed by atoms with Crippen LogP contribution in [0.5, 0.6) is 17.2 Å². The topological polar surface area (TPSA) is 75.0 Å². The van der Waals surface area contributed by atoms with Crippen LogP contribution in [0.4, 0.5) is 0 Å². The quantitative estimate of drug-likeness (QED) is 0.484. The van der Waals surface area contributed by atoms with Crippen LogP contribution in [-0.4, -0.2) is 27.1 Å². The average Bonchev–Trinajstić information content (AvgIpc) is 3.03. The SMILES string of the molecule is COc1ccc(/C=C/C(=O)c2cc3oc(=O)sc3cc2OC)cc1OC. The molecular formula is C19H16O6S. The molecule has 134 valence electrons. The molecule has 2 aromatic carbocycles. The van der Waals surface area contributed by atoms with Crippen LogP contribution in [0.25, 0.3) is 16.4 Å². The Labute approximate surface area is 153 Å². The van der Waals surface area contributed by atoms with Crippen LogP contribution >= 0.6 is 11.3 Å². The summed E-state index contributed by atoms with van der Waals surface area (Å²) in [5.41, 5.74) is 1.46. The van der Waals surface area contributed by atoms with Gasteiger partial charge in [0.05, 0.1) is 31.6 Å². The van der Waals surface area contributed by atoms with Gasteiger partial charge in [0.1, 0.15) is 5.75 Å². The van der Waals surface area contributed by atoms with Crippen LogP contribution in [0.3, 0.4) is 0 Å². The third kappa shape index (κ3) is 3.48. The van der Waals surface area contributed by atoms with Crippen molar-refractivity contribution in [2.24, 2.45) is 0 Å². The largest absolute Gasteiger partial charge is 0.496 e. The molecule has 0 saturated carbocycles. The molecule has 0 aliphatic carbocycles. The number of ketones is 1. The molecule has 0 unspecified atom stereocenters. The van der Waals surface area contributed by atoms with Crippen molar-refractivity contribution in [3.8, 4) is 17.2 Å². The standard InChI is InChI=1S/C19H16O6S/c1-22-14-7-5-11(8-16(14)24-3)4-6-13(20)12-9-17-18(10-15(12)23-2)26-19(21)25-17/h4-10H,1-3H3/b6-4+. The first kappa shape index (κ1) is 17.8. The number of methoxy groups -OCH3 is 3. The van der Waals surface area contributed by atoms with Crippen molar-refractivity contribution in [3.05, 3.63) is 57.3 Å². The lowest BCUT2D eigenvalue weighted by Gasteiger charge is -2.08. The number of allylic oxidation sites excluding steroid dienone is 1. The molecule has 3 rings (SSSR count). The van der Waals surface area contributed by atoms with E-state index in [2.05, 4.69) is 0 Å². The first-order valence-electron chi connectivity index (χ1n) is 7.62. The second kappa shape index (κ2) is 7.45. The molecule has 3 aromatic rings. The number of fused-ring (bicyclic) bond motifs is 1. The highest BCUT2D eigenvalue weighted by molar-refractivity contribution is 7.16. The number of hydrogen-bond donors (Lipinski definition) is 0. The number of ether oxygens (including phenoxy) is 3. The Hall–Kier alpha value is -3.06. The summed E-state index contributed by atoms with van der Waals surface area (Å²) in [5, 5.41) is 0. The van der Waals surface area contributed by atoms with Crippen molar-refractivity contribution in [3.63, 3.8) is 0 Å². The minimum atomic E-state index is -0.424. The van der Waals surface area contributed by atoms with E-state index in [4.69, 9.17) is 18.6 Å². The van der Waals surface area contributed by atoms with E-state index in [0.29, 0.717) is 33.1 Å². The highest BCUT2D eigenvalue weighted by Gasteiger charge is 2.14. The van der Waals surface area contributed by atoms with E-state index in [0.717, 1.165) is 16.9 Å². The van der Waals surface area contributed by atoms with E-state index in [-0.39, 0.29) is 5.78 Å². The lowest BCUT2D eigenvalue weighted by atomic mass is 10.1. The maximum Gasteiger partial charge on any atom is 0.396 e. The summed E-state index contributed by atoms with van der Waals surface area (Å²) in [4.78, 5) is 23.5. The van der Waals surface area contributed by atoms with Gasteiger partial charge < -0.3 is 18.6 Å². The summed E-state index contributed by atoms with van der Waals surface area (Å²) in [7, 11) is 4.58. The van der Waals surface area contributed by atoms with Gasteiger partial charge in [-0.3, -0.25) is 4.79 Å². The summed E-state index contributed by atoms with van der Waals surface area (Å²) in [6, 6.07) is 8.48. The Kier molecular flexibility index (Phi) is 5.09. The van der Waals surface area contributed by atoms with Crippen LogP contribution in [0.2, 0.25) is 0 Å². The molecule has 0 saturated heterocycles. The van der Waals surface area contributed by atoms with Gasteiger partial charge in [-0.25, -0.2) is 4.79 Å². The smallest absolute Gasteiger partial charge is 0.396 e. The Balaban J connectivity index is 1.93. The van der Waals surface area contributed by atoms with E-state index >= 15 is 0 Å². The van der Waals surface area contributed by atoms with Crippen molar-refractivity contribution in [2.45, 2.75) is 0 Å². The lowest BCUT2D eigenvalue weighted by Crippen LogP contribution is -1.98. The molecule has 0 spiro atoms. The zero-order valence-electron chi connectivity index (χ0n) is 14.4. The van der Waals surface area contributed by atoms with Crippen LogP contribution in [0, 0.1) is 0 Å². The van der Waals surface area contributed by atoms with Gasteiger partial charge in [-0.2, -0.15) is 0 Å². The Morgan fingerprint density at radius 2 is 1.73 bits per heavy atom. The van der Waals surface area contributed by atoms with Crippen molar-refractivity contribution >= 4 is 33.5 Å². The van der Waals surface area contributed by atoms with Gasteiger partial charge in [0.15, 0.2) is 22.9 Å². The minimum Gasteiger partial charge on any atom is -0.496 e. The molecule has 1 heterocycles. The van der Waals surface area contributed by atoms with Gasteiger partial charge in [0.25, 0.3) is 0 Å². The first-order chi connectivity index (χ1) is 12.5. The molecule has 0 radical (unpaired) electrons. The van der Waals surface area contributed by atoms with Crippen molar-refractivity contribution in [2.75, 3.05) is 21.3 Å². The van der Waals surface area contributed by atoms with Crippen LogP contribution in [0.1, 0.15) is 15.9 Å². The van der Waals surface area contributed by atoms with Gasteiger partial charge in [-0.1, -0.05) is 23.5 Å². The van der Waals surface area contributed by atoms with Gasteiger partial charge >= 0.3 is 4.94 Å². The molecule has 7 heteroatoms. The maximum absolute atomic E-state index is 12.6. The van der Waals surface area contributed by atoms with Crippen LogP contribution in [0.15, 0.2) is 45.6 Å². The van der Waals surface area contributed by atoms with E-state index < -0.39 is 4.94 Å². The molecule has 0 atom stereocenters. The number of hydrogen-bond acceptors (Lipinski definition) is 7. The van der Waals surface area contributed by atoms with Crippen molar-refractivity contribution in [1.82, 2.24) is 0 Å². The number of rotatable bonds is 6. The van der Waals surface area contributed by atoms with E-state index in [1.807, 2.05) is 6.07 Å². The summed E-state index contributed by atoms with van der Waals surface area (Å²) < 4.78 is 21.4. The third-order valence-electron chi connectivity index (χ3n) is 3.75. The monoisotopic (exact) mass is 372 g/mol. The predicted octanol–water partition coefficient (Wildman–Crippen LogP) is 3.78. The second-order valence-corrected chi connectivity index (χ2v) is 6.24. The normalized spacial score (nSPS) is 11.0. The molecule has 0 fully saturated rings. The zero-order chi connectivity index (χ0) is 18.7. The van der Waals surface area contributed by atoms with E-state index in [1.54, 1.807) is 38.5 Å². The van der Waals surface area contributed by atoms with Gasteiger partial charge in [-0.15, -0.1) is 0 Å². The fourth-order valence-corrected chi connectivity index (χ4v) is 3.16. The molecule has 0 N–H and O–H groups in total. The second-order valence-electron chi connectivity index (χ2n) is 5.27. The van der Waals surface area contributed by atoms with Crippen LogP contribution in [-0.2, 0) is 0 Å². The highest BCUT2D eigenvalue weighted by Crippen LogP contribution is 2.30. The van der Waals surface area contributed by atoms with Gasteiger partial charge in [0.2, 0.25) is 0 Å². The van der Waals surface area contributed by atoms with E-state index in [9.17, 15) is 9.59 Å². The number of carbonyl (C=O) groups excluding carboxylic acids is 1. The third-order valence-corrected chi connectivity index (χ3v) is 4.54. The summed E-state index contributed by atoms with van der Waals surface area (Å²) >= 11 is 0.963. The fraction of sp³-hybridized carbons (Fsp3) is 0.158. The highest BCUT2D eigenvalue weighted by atomic mass is 32.1. The lowest BCUT2D eigenvalue weighted by molar-refractivity contribution is 0.104. The Morgan fingerprint density at radius 1 is 1.00 bits per heavy atom. The minimum absolute atomic E-state index is 0.271. The molecular weight excluding hydrogens is 356 g/mol. The molecule has 0 aliphatic heterocycles. The number of benzene rings is 2. The molecule has 0 bridgehead atoms. The predicted molar refractivity (Wildman–Crippen MR) is 99.8 cm³/mol. The summed E-state index contributed by atoms with van der Waals surface area (Å²) in [6.07, 6.45) is 3.09. The maximum atomic E-state index is 12.6. The molecule has 0 aliphatic rings. The molecule has 26 heavy (non-hydrogen) atoms. The van der Waals surface area contributed by atoms with E-state index in [1.165, 1.54) is 19.3 Å².